The highest BCUT2D eigenvalue weighted by molar-refractivity contribution is 6.16. The van der Waals surface area contributed by atoms with Crippen molar-refractivity contribution in [2.45, 2.75) is 38.5 Å². The summed E-state index contributed by atoms with van der Waals surface area (Å²) in [6.45, 7) is 0. The zero-order chi connectivity index (χ0) is 28.3. The first kappa shape index (κ1) is 24.9. The summed E-state index contributed by atoms with van der Waals surface area (Å²) in [6, 6.07) is 45.4. The van der Waals surface area contributed by atoms with Crippen LogP contribution in [0, 0.1) is 5.92 Å². The van der Waals surface area contributed by atoms with E-state index in [1.165, 1.54) is 109 Å². The maximum Gasteiger partial charge on any atom is -0.00207 e. The Labute approximate surface area is 253 Å². The van der Waals surface area contributed by atoms with Gasteiger partial charge >= 0.3 is 0 Å². The second-order valence-corrected chi connectivity index (χ2v) is 12.8. The van der Waals surface area contributed by atoms with Crippen molar-refractivity contribution in [2.75, 3.05) is 0 Å². The van der Waals surface area contributed by atoms with E-state index in [4.69, 9.17) is 0 Å². The molecule has 0 bridgehead atoms. The summed E-state index contributed by atoms with van der Waals surface area (Å²) < 4.78 is 0. The second kappa shape index (κ2) is 9.96. The van der Waals surface area contributed by atoms with Crippen LogP contribution in [0.3, 0.4) is 0 Å². The highest BCUT2D eigenvalue weighted by Gasteiger charge is 2.26. The predicted octanol–water partition coefficient (Wildman–Crippen LogP) is 12.2. The minimum Gasteiger partial charge on any atom is -0.0649 e. The van der Waals surface area contributed by atoms with Crippen molar-refractivity contribution < 1.29 is 0 Å². The third kappa shape index (κ3) is 4.04. The molecule has 0 aliphatic heterocycles. The fourth-order valence-corrected chi connectivity index (χ4v) is 8.28. The summed E-state index contributed by atoms with van der Waals surface area (Å²) in [7, 11) is 0. The number of rotatable bonds is 4. The summed E-state index contributed by atoms with van der Waals surface area (Å²) >= 11 is 0. The minimum absolute atomic E-state index is 0.837. The maximum absolute atomic E-state index is 2.59. The maximum atomic E-state index is 2.59. The Balaban J connectivity index is 1.35. The van der Waals surface area contributed by atoms with Crippen LogP contribution < -0.4 is 0 Å². The van der Waals surface area contributed by atoms with E-state index in [-0.39, 0.29) is 0 Å². The lowest BCUT2D eigenvalue weighted by Gasteiger charge is -2.19. The third-order valence-electron chi connectivity index (χ3n) is 10.2. The van der Waals surface area contributed by atoms with Gasteiger partial charge in [0, 0.05) is 0 Å². The van der Waals surface area contributed by atoms with Crippen LogP contribution in [-0.2, 0) is 6.42 Å². The van der Waals surface area contributed by atoms with Gasteiger partial charge in [0.1, 0.15) is 0 Å². The van der Waals surface area contributed by atoms with Crippen molar-refractivity contribution in [1.29, 1.82) is 0 Å². The SMILES string of the molecule is C1=C(CC2CCCC2)Cc2c(-c3c4ccccc4cc4ccccc34)ccc(-c3c4ccccc4cc4ccccc34)c21. The normalized spacial score (nSPS) is 15.1. The molecule has 0 spiro atoms. The average Bonchev–Trinajstić information content (AvgIpc) is 3.73. The van der Waals surface area contributed by atoms with E-state index < -0.39 is 0 Å². The van der Waals surface area contributed by atoms with Crippen molar-refractivity contribution in [2.24, 2.45) is 5.92 Å². The summed E-state index contributed by atoms with van der Waals surface area (Å²) in [6.07, 6.45) is 10.4. The molecule has 0 nitrogen and oxygen atoms in total. The van der Waals surface area contributed by atoms with Crippen molar-refractivity contribution >= 4 is 49.2 Å². The summed E-state index contributed by atoms with van der Waals surface area (Å²) in [5, 5.41) is 10.6. The Kier molecular flexibility index (Phi) is 5.76. The number of hydrogen-bond acceptors (Lipinski definition) is 0. The van der Waals surface area contributed by atoms with Crippen LogP contribution in [0.5, 0.6) is 0 Å². The molecule has 0 saturated heterocycles. The lowest BCUT2D eigenvalue weighted by molar-refractivity contribution is 0.541. The molecule has 0 heterocycles. The lowest BCUT2D eigenvalue weighted by atomic mass is 9.84. The molecular weight excluding hydrogens is 516 g/mol. The Morgan fingerprint density at radius 1 is 0.488 bits per heavy atom. The molecule has 2 aliphatic carbocycles. The smallest absolute Gasteiger partial charge is 0.00207 e. The first-order valence-electron chi connectivity index (χ1n) is 16.0. The number of benzene rings is 7. The van der Waals surface area contributed by atoms with Crippen LogP contribution in [0.4, 0.5) is 0 Å². The van der Waals surface area contributed by atoms with E-state index in [9.17, 15) is 0 Å². The van der Waals surface area contributed by atoms with Crippen LogP contribution in [0.2, 0.25) is 0 Å². The number of allylic oxidation sites excluding steroid dienone is 1. The first-order valence-corrected chi connectivity index (χ1v) is 16.0. The molecule has 0 heteroatoms. The van der Waals surface area contributed by atoms with Crippen LogP contribution in [-0.4, -0.2) is 0 Å². The monoisotopic (exact) mass is 550 g/mol. The van der Waals surface area contributed by atoms with E-state index in [1.54, 1.807) is 5.57 Å². The molecule has 0 atom stereocenters. The summed E-state index contributed by atoms with van der Waals surface area (Å²) in [5.74, 6) is 0.837. The molecular formula is C43H34. The van der Waals surface area contributed by atoms with Crippen LogP contribution in [0.25, 0.3) is 71.4 Å². The van der Waals surface area contributed by atoms with Crippen LogP contribution >= 0.6 is 0 Å². The molecule has 1 fully saturated rings. The summed E-state index contributed by atoms with van der Waals surface area (Å²) in [5.41, 5.74) is 10.1. The van der Waals surface area contributed by atoms with Crippen LogP contribution in [0.1, 0.15) is 43.2 Å². The summed E-state index contributed by atoms with van der Waals surface area (Å²) in [4.78, 5) is 0. The van der Waals surface area contributed by atoms with Gasteiger partial charge in [0.25, 0.3) is 0 Å². The molecule has 2 aliphatic rings. The average molecular weight is 551 g/mol. The van der Waals surface area contributed by atoms with Gasteiger partial charge in [0.2, 0.25) is 0 Å². The van der Waals surface area contributed by atoms with E-state index in [0.717, 1.165) is 12.3 Å². The molecule has 0 radical (unpaired) electrons. The third-order valence-corrected chi connectivity index (χ3v) is 10.2. The largest absolute Gasteiger partial charge is 0.0649 e. The zero-order valence-electron chi connectivity index (χ0n) is 24.4. The van der Waals surface area contributed by atoms with Crippen LogP contribution in [0.15, 0.2) is 127 Å². The highest BCUT2D eigenvalue weighted by atomic mass is 14.3. The van der Waals surface area contributed by atoms with Gasteiger partial charge < -0.3 is 0 Å². The number of hydrogen-bond donors (Lipinski definition) is 0. The van der Waals surface area contributed by atoms with Gasteiger partial charge in [-0.2, -0.15) is 0 Å². The molecule has 0 N–H and O–H groups in total. The molecule has 0 amide bonds. The molecule has 7 aromatic rings. The molecule has 1 saturated carbocycles. The van der Waals surface area contributed by atoms with Crippen molar-refractivity contribution in [3.8, 4) is 22.3 Å². The Hall–Kier alpha value is -4.68. The fraction of sp³-hybridized carbons (Fsp3) is 0.163. The highest BCUT2D eigenvalue weighted by Crippen LogP contribution is 2.48. The topological polar surface area (TPSA) is 0 Å². The minimum atomic E-state index is 0.837. The van der Waals surface area contributed by atoms with Crippen molar-refractivity contribution in [3.05, 3.63) is 138 Å². The lowest BCUT2D eigenvalue weighted by Crippen LogP contribution is -1.98. The van der Waals surface area contributed by atoms with Gasteiger partial charge in [-0.1, -0.05) is 147 Å². The predicted molar refractivity (Wildman–Crippen MR) is 186 cm³/mol. The second-order valence-electron chi connectivity index (χ2n) is 12.8. The van der Waals surface area contributed by atoms with Gasteiger partial charge in [-0.3, -0.25) is 0 Å². The quantitative estimate of drug-likeness (QED) is 0.191. The Morgan fingerprint density at radius 3 is 1.44 bits per heavy atom. The first-order chi connectivity index (χ1) is 21.3. The molecule has 0 unspecified atom stereocenters. The molecule has 206 valence electrons. The fourth-order valence-electron chi connectivity index (χ4n) is 8.28. The van der Waals surface area contributed by atoms with Gasteiger partial charge in [-0.05, 0) is 107 Å². The Bertz CT molecular complexity index is 2130. The molecule has 0 aromatic heterocycles. The van der Waals surface area contributed by atoms with E-state index in [2.05, 4.69) is 127 Å². The van der Waals surface area contributed by atoms with Crippen molar-refractivity contribution in [1.82, 2.24) is 0 Å². The molecule has 7 aromatic carbocycles. The van der Waals surface area contributed by atoms with E-state index in [0.29, 0.717) is 0 Å². The van der Waals surface area contributed by atoms with Gasteiger partial charge in [0.15, 0.2) is 0 Å². The van der Waals surface area contributed by atoms with Gasteiger partial charge in [-0.25, -0.2) is 0 Å². The van der Waals surface area contributed by atoms with Gasteiger partial charge in [0.05, 0.1) is 0 Å². The molecule has 9 rings (SSSR count). The van der Waals surface area contributed by atoms with E-state index in [1.807, 2.05) is 0 Å². The van der Waals surface area contributed by atoms with Gasteiger partial charge in [-0.15, -0.1) is 0 Å². The number of fused-ring (bicyclic) bond motifs is 5. The molecule has 43 heavy (non-hydrogen) atoms. The standard InChI is InChI=1S/C43H34/c1-2-12-28(11-1)23-29-24-40-38(42-34-17-7-3-13-30(34)26-31-14-4-8-18-35(31)42)21-22-39(41(40)25-29)43-36-19-9-5-15-32(36)27-33-16-6-10-20-37(33)43/h3-10,13-22,24,26-28H,1-2,11-12,23,25H2. The Morgan fingerprint density at radius 2 is 0.930 bits per heavy atom. The zero-order valence-corrected chi connectivity index (χ0v) is 24.4. The van der Waals surface area contributed by atoms with Crippen molar-refractivity contribution in [3.63, 3.8) is 0 Å². The van der Waals surface area contributed by atoms with E-state index >= 15 is 0 Å².